The monoisotopic (exact) mass is 434 g/mol. The van der Waals surface area contributed by atoms with Crippen molar-refractivity contribution in [1.29, 1.82) is 5.26 Å². The van der Waals surface area contributed by atoms with Gasteiger partial charge in [-0.15, -0.1) is 11.8 Å². The number of halogens is 6. The normalized spacial score (nSPS) is 14.0. The van der Waals surface area contributed by atoms with E-state index in [9.17, 15) is 36.2 Å². The molecule has 0 bridgehead atoms. The van der Waals surface area contributed by atoms with Gasteiger partial charge in [-0.3, -0.25) is 4.79 Å². The topological polar surface area (TPSA) is 73.1 Å². The van der Waals surface area contributed by atoms with Crippen molar-refractivity contribution in [1.82, 2.24) is 0 Å². The second-order valence-corrected chi connectivity index (χ2v) is 6.83. The molecule has 0 saturated heterocycles. The zero-order valence-corrected chi connectivity index (χ0v) is 15.1. The summed E-state index contributed by atoms with van der Waals surface area (Å²) in [4.78, 5) is 12.5. The summed E-state index contributed by atoms with van der Waals surface area (Å²) in [6.07, 6.45) is -10.4. The lowest BCUT2D eigenvalue weighted by molar-refractivity contribution is -0.240. The largest absolute Gasteiger partial charge is 0.427 e. The smallest absolute Gasteiger partial charge is 0.372 e. The van der Waals surface area contributed by atoms with Crippen LogP contribution in [0.3, 0.4) is 0 Å². The highest BCUT2D eigenvalue weighted by atomic mass is 32.2. The van der Waals surface area contributed by atoms with Gasteiger partial charge >= 0.3 is 12.4 Å². The molecule has 0 fully saturated rings. The quantitative estimate of drug-likeness (QED) is 0.533. The van der Waals surface area contributed by atoms with Crippen molar-refractivity contribution in [2.24, 2.45) is 0 Å². The molecule has 2 aromatic carbocycles. The van der Waals surface area contributed by atoms with E-state index in [1.165, 1.54) is 18.2 Å². The molecule has 154 valence electrons. The van der Waals surface area contributed by atoms with Crippen LogP contribution in [-0.2, 0) is 11.0 Å². The predicted molar refractivity (Wildman–Crippen MR) is 93.0 cm³/mol. The van der Waals surface area contributed by atoms with Gasteiger partial charge in [-0.1, -0.05) is 18.2 Å². The molecule has 0 aromatic heterocycles. The van der Waals surface area contributed by atoms with Gasteiger partial charge in [0, 0.05) is 16.3 Å². The Bertz CT molecular complexity index is 925. The molecular formula is C18H12F6N2O2S. The number of rotatable bonds is 5. The van der Waals surface area contributed by atoms with Gasteiger partial charge in [0.15, 0.2) is 0 Å². The lowest BCUT2D eigenvalue weighted by atomic mass is 10.0. The van der Waals surface area contributed by atoms with Crippen LogP contribution in [0.4, 0.5) is 32.0 Å². The van der Waals surface area contributed by atoms with Crippen molar-refractivity contribution in [2.45, 2.75) is 22.8 Å². The number of carbonyl (C=O) groups excluding carboxylic acids is 1. The average Bonchev–Trinajstić information content (AvgIpc) is 2.65. The maximum absolute atomic E-state index is 13.4. The number of nitrogens with zero attached hydrogens (tertiary/aromatic N) is 1. The summed E-state index contributed by atoms with van der Waals surface area (Å²) in [5.41, 5.74) is -6.69. The summed E-state index contributed by atoms with van der Waals surface area (Å²) in [5, 5.41) is 20.4. The molecule has 2 N–H and O–H groups in total. The number of amides is 1. The zero-order chi connectivity index (χ0) is 21.9. The third kappa shape index (κ3) is 5.21. The fourth-order valence-electron chi connectivity index (χ4n) is 2.17. The van der Waals surface area contributed by atoms with Crippen molar-refractivity contribution in [3.8, 4) is 6.07 Å². The van der Waals surface area contributed by atoms with E-state index in [4.69, 9.17) is 5.26 Å². The molecule has 0 saturated carbocycles. The van der Waals surface area contributed by atoms with Crippen LogP contribution in [0.5, 0.6) is 0 Å². The van der Waals surface area contributed by atoms with Gasteiger partial charge < -0.3 is 10.4 Å². The van der Waals surface area contributed by atoms with Crippen LogP contribution >= 0.6 is 11.8 Å². The van der Waals surface area contributed by atoms with E-state index >= 15 is 0 Å². The van der Waals surface area contributed by atoms with Crippen molar-refractivity contribution in [3.05, 3.63) is 59.7 Å². The van der Waals surface area contributed by atoms with Gasteiger partial charge in [0.05, 0.1) is 17.2 Å². The molecule has 1 amide bonds. The first-order chi connectivity index (χ1) is 13.4. The number of nitriles is 1. The Morgan fingerprint density at radius 3 is 2.21 bits per heavy atom. The molecule has 1 unspecified atom stereocenters. The van der Waals surface area contributed by atoms with Crippen molar-refractivity contribution in [2.75, 3.05) is 11.1 Å². The number of carbonyl (C=O) groups is 1. The molecule has 0 aliphatic rings. The lowest BCUT2D eigenvalue weighted by Gasteiger charge is -2.29. The van der Waals surface area contributed by atoms with E-state index in [-0.39, 0.29) is 0 Å². The summed E-state index contributed by atoms with van der Waals surface area (Å²) < 4.78 is 79.2. The third-order valence-corrected chi connectivity index (χ3v) is 4.91. The van der Waals surface area contributed by atoms with Gasteiger partial charge in [-0.05, 0) is 30.3 Å². The molecule has 2 rings (SSSR count). The Labute approximate surface area is 165 Å². The summed E-state index contributed by atoms with van der Waals surface area (Å²) in [7, 11) is 0. The second-order valence-electron chi connectivity index (χ2n) is 5.78. The minimum absolute atomic E-state index is 0.331. The van der Waals surface area contributed by atoms with E-state index in [1.54, 1.807) is 23.5 Å². The van der Waals surface area contributed by atoms with Crippen LogP contribution in [0, 0.1) is 11.3 Å². The first-order valence-corrected chi connectivity index (χ1v) is 8.77. The highest BCUT2D eigenvalue weighted by molar-refractivity contribution is 7.99. The number of anilines is 1. The SMILES string of the molecule is N#Cc1ccc(NC(=O)C(O)(CSc2ccccc2)C(F)(F)F)cc1C(F)(F)F. The Hall–Kier alpha value is -2.71. The number of hydrogen-bond acceptors (Lipinski definition) is 4. The molecule has 2 aromatic rings. The Balaban J connectivity index is 2.30. The van der Waals surface area contributed by atoms with Crippen LogP contribution in [0.2, 0.25) is 0 Å². The number of alkyl halides is 6. The van der Waals surface area contributed by atoms with Crippen molar-refractivity contribution < 1.29 is 36.2 Å². The average molecular weight is 434 g/mol. The minimum Gasteiger partial charge on any atom is -0.372 e. The molecular weight excluding hydrogens is 422 g/mol. The van der Waals surface area contributed by atoms with Gasteiger partial charge in [-0.25, -0.2) is 0 Å². The molecule has 0 aliphatic heterocycles. The minimum atomic E-state index is -5.39. The maximum atomic E-state index is 13.4. The Kier molecular flexibility index (Phi) is 6.50. The van der Waals surface area contributed by atoms with E-state index in [0.29, 0.717) is 28.8 Å². The standard InChI is InChI=1S/C18H12F6N2O2S/c19-17(20,21)14-8-12(7-6-11(14)9-25)26-15(27)16(28,18(22,23)24)10-29-13-4-2-1-3-5-13/h1-8,28H,10H2,(H,26,27). The zero-order valence-electron chi connectivity index (χ0n) is 14.3. The number of thioether (sulfide) groups is 1. The van der Waals surface area contributed by atoms with Gasteiger partial charge in [0.1, 0.15) is 0 Å². The van der Waals surface area contributed by atoms with Gasteiger partial charge in [-0.2, -0.15) is 31.6 Å². The van der Waals surface area contributed by atoms with Crippen LogP contribution in [0.25, 0.3) is 0 Å². The Morgan fingerprint density at radius 2 is 1.69 bits per heavy atom. The molecule has 0 heterocycles. The molecule has 0 aliphatic carbocycles. The van der Waals surface area contributed by atoms with E-state index < -0.39 is 46.4 Å². The molecule has 29 heavy (non-hydrogen) atoms. The number of hydrogen-bond donors (Lipinski definition) is 2. The summed E-state index contributed by atoms with van der Waals surface area (Å²) >= 11 is 0.553. The van der Waals surface area contributed by atoms with Crippen LogP contribution in [-0.4, -0.2) is 28.5 Å². The van der Waals surface area contributed by atoms with Crippen LogP contribution < -0.4 is 5.32 Å². The summed E-state index contributed by atoms with van der Waals surface area (Å²) in [6, 6.07) is 10.8. The fraction of sp³-hybridized carbons (Fsp3) is 0.222. The van der Waals surface area contributed by atoms with Crippen LogP contribution in [0.1, 0.15) is 11.1 Å². The van der Waals surface area contributed by atoms with Gasteiger partial charge in [0.2, 0.25) is 5.60 Å². The molecule has 4 nitrogen and oxygen atoms in total. The molecule has 0 radical (unpaired) electrons. The second kappa shape index (κ2) is 8.34. The third-order valence-electron chi connectivity index (χ3n) is 3.74. The maximum Gasteiger partial charge on any atom is 0.427 e. The van der Waals surface area contributed by atoms with E-state index in [2.05, 4.69) is 0 Å². The number of benzene rings is 2. The fourth-order valence-corrected chi connectivity index (χ4v) is 3.19. The highest BCUT2D eigenvalue weighted by Crippen LogP contribution is 2.37. The molecule has 11 heteroatoms. The van der Waals surface area contributed by atoms with Crippen molar-refractivity contribution >= 4 is 23.4 Å². The number of aliphatic hydroxyl groups is 1. The Morgan fingerprint density at radius 1 is 1.07 bits per heavy atom. The summed E-state index contributed by atoms with van der Waals surface area (Å²) in [5.74, 6) is -3.05. The predicted octanol–water partition coefficient (Wildman–Crippen LogP) is 4.60. The highest BCUT2D eigenvalue weighted by Gasteiger charge is 2.59. The summed E-state index contributed by atoms with van der Waals surface area (Å²) in [6.45, 7) is 0. The van der Waals surface area contributed by atoms with Crippen molar-refractivity contribution in [3.63, 3.8) is 0 Å². The van der Waals surface area contributed by atoms with E-state index in [1.807, 2.05) is 0 Å². The lowest BCUT2D eigenvalue weighted by Crippen LogP contribution is -2.56. The molecule has 0 spiro atoms. The van der Waals surface area contributed by atoms with E-state index in [0.717, 1.165) is 6.07 Å². The van der Waals surface area contributed by atoms with Crippen LogP contribution in [0.15, 0.2) is 53.4 Å². The van der Waals surface area contributed by atoms with Gasteiger partial charge in [0.25, 0.3) is 5.91 Å². The first kappa shape index (κ1) is 22.6. The first-order valence-electron chi connectivity index (χ1n) is 7.78. The molecule has 1 atom stereocenters. The number of nitrogens with one attached hydrogen (secondary N) is 1.